The lowest BCUT2D eigenvalue weighted by atomic mass is 10.1. The lowest BCUT2D eigenvalue weighted by Crippen LogP contribution is -2.50. The maximum Gasteiger partial charge on any atom is 0.323 e. The molecule has 0 amide bonds. The number of rotatable bonds is 3. The average molecular weight is 459 g/mol. The second-order valence-corrected chi connectivity index (χ2v) is 9.01. The number of nitrogens with zero attached hydrogens (tertiary/aromatic N) is 4. The van der Waals surface area contributed by atoms with E-state index in [1.165, 1.54) is 0 Å². The van der Waals surface area contributed by atoms with Gasteiger partial charge in [0.05, 0.1) is 31.2 Å². The van der Waals surface area contributed by atoms with Gasteiger partial charge in [0.1, 0.15) is 18.1 Å². The molecule has 1 aromatic rings. The molecule has 0 saturated carbocycles. The van der Waals surface area contributed by atoms with Crippen LogP contribution in [0.25, 0.3) is 0 Å². The Bertz CT molecular complexity index is 855. The fraction of sp³-hybridized carbons (Fsp3) is 0.652. The van der Waals surface area contributed by atoms with Crippen molar-refractivity contribution in [1.82, 2.24) is 19.7 Å². The first kappa shape index (κ1) is 22.2. The van der Waals surface area contributed by atoms with E-state index >= 15 is 0 Å². The van der Waals surface area contributed by atoms with Gasteiger partial charge in [-0.05, 0) is 12.1 Å². The van der Waals surface area contributed by atoms with Crippen LogP contribution in [0.4, 0.5) is 0 Å². The summed E-state index contributed by atoms with van der Waals surface area (Å²) in [5.74, 6) is -0.598. The largest absolute Gasteiger partial charge is 0.464 e. The summed E-state index contributed by atoms with van der Waals surface area (Å²) in [6, 6.07) is 4.98. The number of fused-ring (bicyclic) bond motifs is 2. The molecular formula is C23H30N4O6. The predicted octanol–water partition coefficient (Wildman–Crippen LogP) is -0.0523. The maximum absolute atomic E-state index is 12.4. The number of cyclic esters (lactones) is 3. The first-order valence-corrected chi connectivity index (χ1v) is 11.8. The van der Waals surface area contributed by atoms with Crippen molar-refractivity contribution >= 4 is 17.9 Å². The van der Waals surface area contributed by atoms with Crippen molar-refractivity contribution in [2.24, 2.45) is 0 Å². The Hall–Kier alpha value is -2.56. The van der Waals surface area contributed by atoms with Crippen molar-refractivity contribution in [3.8, 4) is 0 Å². The van der Waals surface area contributed by atoms with Gasteiger partial charge in [-0.15, -0.1) is 0 Å². The molecule has 3 atom stereocenters. The highest BCUT2D eigenvalue weighted by Crippen LogP contribution is 2.22. The van der Waals surface area contributed by atoms with Gasteiger partial charge in [-0.3, -0.25) is 34.1 Å². The molecule has 33 heavy (non-hydrogen) atoms. The normalized spacial score (nSPS) is 30.4. The molecule has 1 aromatic heterocycles. The summed E-state index contributed by atoms with van der Waals surface area (Å²) in [6.45, 7) is 4.72. The third-order valence-electron chi connectivity index (χ3n) is 6.99. The molecule has 0 aliphatic carbocycles. The zero-order valence-corrected chi connectivity index (χ0v) is 18.7. The van der Waals surface area contributed by atoms with Crippen molar-refractivity contribution in [2.45, 2.75) is 50.5 Å². The molecule has 0 spiro atoms. The van der Waals surface area contributed by atoms with Gasteiger partial charge in [-0.1, -0.05) is 6.07 Å². The number of pyridine rings is 1. The second kappa shape index (κ2) is 9.74. The number of aromatic nitrogens is 1. The minimum absolute atomic E-state index is 0.198. The van der Waals surface area contributed by atoms with Crippen LogP contribution in [0.2, 0.25) is 0 Å². The van der Waals surface area contributed by atoms with Crippen LogP contribution in [0.5, 0.6) is 0 Å². The summed E-state index contributed by atoms with van der Waals surface area (Å²) in [6.07, 6.45) is 1.96. The Morgan fingerprint density at radius 1 is 0.636 bits per heavy atom. The van der Waals surface area contributed by atoms with Crippen LogP contribution in [-0.4, -0.2) is 102 Å². The summed E-state index contributed by atoms with van der Waals surface area (Å²) in [5.41, 5.74) is 1.74. The molecule has 5 heterocycles. The van der Waals surface area contributed by atoms with Crippen LogP contribution < -0.4 is 0 Å². The monoisotopic (exact) mass is 458 g/mol. The Balaban J connectivity index is 1.44. The molecule has 0 N–H and O–H groups in total. The molecule has 3 unspecified atom stereocenters. The van der Waals surface area contributed by atoms with Gasteiger partial charge in [0.15, 0.2) is 0 Å². The van der Waals surface area contributed by atoms with Gasteiger partial charge in [0.25, 0.3) is 0 Å². The topological polar surface area (TPSA) is 102 Å². The van der Waals surface area contributed by atoms with Crippen molar-refractivity contribution in [1.29, 1.82) is 0 Å². The smallest absolute Gasteiger partial charge is 0.323 e. The Kier molecular flexibility index (Phi) is 6.57. The van der Waals surface area contributed by atoms with Crippen LogP contribution in [0.15, 0.2) is 18.2 Å². The lowest BCUT2D eigenvalue weighted by Gasteiger charge is -2.34. The molecule has 4 aliphatic rings. The molecule has 0 radical (unpaired) electrons. The zero-order valence-electron chi connectivity index (χ0n) is 18.7. The van der Waals surface area contributed by atoms with Crippen molar-refractivity contribution in [3.05, 3.63) is 29.6 Å². The first-order valence-electron chi connectivity index (χ1n) is 11.8. The fourth-order valence-corrected chi connectivity index (χ4v) is 5.20. The summed E-state index contributed by atoms with van der Waals surface area (Å²) >= 11 is 0. The maximum atomic E-state index is 12.4. The highest BCUT2D eigenvalue weighted by molar-refractivity contribution is 5.78. The first-order chi connectivity index (χ1) is 16.1. The number of hydrogen-bond donors (Lipinski definition) is 0. The number of carbonyl (C=O) groups excluding carboxylic acids is 3. The molecule has 10 nitrogen and oxygen atoms in total. The van der Waals surface area contributed by atoms with Crippen molar-refractivity contribution < 1.29 is 28.6 Å². The van der Waals surface area contributed by atoms with Gasteiger partial charge in [0, 0.05) is 58.5 Å². The van der Waals surface area contributed by atoms with Crippen molar-refractivity contribution in [2.75, 3.05) is 46.0 Å². The van der Waals surface area contributed by atoms with Gasteiger partial charge < -0.3 is 14.2 Å². The number of hydrogen-bond acceptors (Lipinski definition) is 10. The van der Waals surface area contributed by atoms with E-state index in [1.54, 1.807) is 0 Å². The molecule has 178 valence electrons. The van der Waals surface area contributed by atoms with E-state index in [9.17, 15) is 14.4 Å². The van der Waals surface area contributed by atoms with E-state index in [0.717, 1.165) is 11.4 Å². The summed E-state index contributed by atoms with van der Waals surface area (Å²) in [7, 11) is 0. The predicted molar refractivity (Wildman–Crippen MR) is 115 cm³/mol. The quantitative estimate of drug-likeness (QED) is 0.452. The molecule has 2 bridgehead atoms. The minimum atomic E-state index is -0.307. The van der Waals surface area contributed by atoms with Crippen LogP contribution in [0.1, 0.15) is 30.7 Å². The van der Waals surface area contributed by atoms with Crippen molar-refractivity contribution in [3.63, 3.8) is 0 Å². The lowest BCUT2D eigenvalue weighted by molar-refractivity contribution is -0.145. The average Bonchev–Trinajstić information content (AvgIpc) is 3.53. The molecule has 3 saturated heterocycles. The van der Waals surface area contributed by atoms with E-state index in [-0.39, 0.29) is 36.0 Å². The Labute approximate surface area is 192 Å². The third-order valence-corrected chi connectivity index (χ3v) is 6.99. The molecule has 10 heteroatoms. The summed E-state index contributed by atoms with van der Waals surface area (Å²) in [5, 5.41) is 0. The zero-order chi connectivity index (χ0) is 22.8. The molecule has 3 fully saturated rings. The third kappa shape index (κ3) is 4.87. The van der Waals surface area contributed by atoms with E-state index in [2.05, 4.69) is 14.7 Å². The van der Waals surface area contributed by atoms with E-state index < -0.39 is 0 Å². The van der Waals surface area contributed by atoms with E-state index in [0.29, 0.717) is 78.4 Å². The SMILES string of the molecule is O=C1OCCC1N1CCN(C2CCOC2=O)Cc2cccc(n2)CN(C2CCOC2=O)CC1. The summed E-state index contributed by atoms with van der Waals surface area (Å²) < 4.78 is 15.7. The molecule has 5 rings (SSSR count). The highest BCUT2D eigenvalue weighted by Gasteiger charge is 2.38. The van der Waals surface area contributed by atoms with Crippen LogP contribution in [-0.2, 0) is 41.7 Å². The molecular weight excluding hydrogens is 428 g/mol. The fourth-order valence-electron chi connectivity index (χ4n) is 5.20. The molecule has 0 aromatic carbocycles. The van der Waals surface area contributed by atoms with E-state index in [1.807, 2.05) is 18.2 Å². The molecule has 4 aliphatic heterocycles. The van der Waals surface area contributed by atoms with E-state index in [4.69, 9.17) is 19.2 Å². The minimum Gasteiger partial charge on any atom is -0.464 e. The standard InChI is InChI=1S/C23H30N4O6/c28-21-18(4-11-31-21)25-7-9-26(19-5-12-32-22(19)29)14-16-2-1-3-17(24-16)15-27(10-8-25)20-6-13-33-23(20)30/h1-3,18-20H,4-15H2. The Morgan fingerprint density at radius 3 is 1.42 bits per heavy atom. The number of carbonyl (C=O) groups is 3. The van der Waals surface area contributed by atoms with Gasteiger partial charge in [-0.25, -0.2) is 0 Å². The number of esters is 3. The van der Waals surface area contributed by atoms with Crippen LogP contribution in [0.3, 0.4) is 0 Å². The Morgan fingerprint density at radius 2 is 1.03 bits per heavy atom. The van der Waals surface area contributed by atoms with Crippen LogP contribution >= 0.6 is 0 Å². The number of ether oxygens (including phenoxy) is 3. The van der Waals surface area contributed by atoms with Gasteiger partial charge >= 0.3 is 17.9 Å². The van der Waals surface area contributed by atoms with Gasteiger partial charge in [0.2, 0.25) is 0 Å². The van der Waals surface area contributed by atoms with Gasteiger partial charge in [-0.2, -0.15) is 0 Å². The second-order valence-electron chi connectivity index (χ2n) is 9.01. The summed E-state index contributed by atoms with van der Waals surface area (Å²) in [4.78, 5) is 48.3. The highest BCUT2D eigenvalue weighted by atomic mass is 16.5. The van der Waals surface area contributed by atoms with Crippen LogP contribution in [0, 0.1) is 0 Å².